The molecule has 2 N–H and O–H groups in total. The van der Waals surface area contributed by atoms with E-state index in [1.54, 1.807) is 18.2 Å². The van der Waals surface area contributed by atoms with Gasteiger partial charge in [0.15, 0.2) is 0 Å². The molecule has 0 atom stereocenters. The third kappa shape index (κ3) is 2.90. The number of alkyl halides is 2. The van der Waals surface area contributed by atoms with Gasteiger partial charge in [-0.05, 0) is 30.3 Å². The summed E-state index contributed by atoms with van der Waals surface area (Å²) in [6.45, 7) is 0. The fraction of sp³-hybridized carbons (Fsp3) is 0.0769. The highest BCUT2D eigenvalue weighted by atomic mass is 35.5. The highest BCUT2D eigenvalue weighted by Gasteiger charge is 2.09. The lowest BCUT2D eigenvalue weighted by Crippen LogP contribution is -1.90. The number of halogens is 3. The van der Waals surface area contributed by atoms with Gasteiger partial charge < -0.3 is 10.5 Å². The largest absolute Gasteiger partial charge is 0.456 e. The van der Waals surface area contributed by atoms with E-state index in [0.29, 0.717) is 22.2 Å². The third-order valence-electron chi connectivity index (χ3n) is 2.29. The predicted molar refractivity (Wildman–Crippen MR) is 67.3 cm³/mol. The molecule has 0 radical (unpaired) electrons. The molecule has 0 fully saturated rings. The SMILES string of the molecule is Nc1ccc(Oc2cccc(C(F)F)c2)c(Cl)c1. The van der Waals surface area contributed by atoms with Crippen LogP contribution in [0.15, 0.2) is 42.5 Å². The van der Waals surface area contributed by atoms with E-state index in [1.165, 1.54) is 24.3 Å². The van der Waals surface area contributed by atoms with Gasteiger partial charge in [-0.2, -0.15) is 0 Å². The van der Waals surface area contributed by atoms with Crippen LogP contribution in [0.1, 0.15) is 12.0 Å². The number of hydrogen-bond acceptors (Lipinski definition) is 2. The zero-order chi connectivity index (χ0) is 13.1. The maximum Gasteiger partial charge on any atom is 0.263 e. The van der Waals surface area contributed by atoms with E-state index >= 15 is 0 Å². The molecule has 0 heterocycles. The van der Waals surface area contributed by atoms with Gasteiger partial charge in [-0.15, -0.1) is 0 Å². The van der Waals surface area contributed by atoms with Crippen molar-refractivity contribution in [2.24, 2.45) is 0 Å². The van der Waals surface area contributed by atoms with E-state index < -0.39 is 6.43 Å². The van der Waals surface area contributed by atoms with Crippen LogP contribution in [0.3, 0.4) is 0 Å². The standard InChI is InChI=1S/C13H10ClF2NO/c14-11-7-9(17)4-5-12(11)18-10-3-1-2-8(6-10)13(15)16/h1-7,13H,17H2. The summed E-state index contributed by atoms with van der Waals surface area (Å²) in [5.41, 5.74) is 5.96. The molecule has 0 aliphatic rings. The van der Waals surface area contributed by atoms with Gasteiger partial charge in [0.2, 0.25) is 0 Å². The van der Waals surface area contributed by atoms with Crippen molar-refractivity contribution >= 4 is 17.3 Å². The Morgan fingerprint density at radius 1 is 1.11 bits per heavy atom. The molecule has 5 heteroatoms. The van der Waals surface area contributed by atoms with Crippen LogP contribution in [0.25, 0.3) is 0 Å². The lowest BCUT2D eigenvalue weighted by atomic mass is 10.2. The summed E-state index contributed by atoms with van der Waals surface area (Å²) >= 11 is 5.93. The third-order valence-corrected chi connectivity index (χ3v) is 2.59. The number of rotatable bonds is 3. The van der Waals surface area contributed by atoms with Gasteiger partial charge in [0, 0.05) is 11.3 Å². The van der Waals surface area contributed by atoms with E-state index in [4.69, 9.17) is 22.1 Å². The number of benzene rings is 2. The molecule has 0 aliphatic carbocycles. The van der Waals surface area contributed by atoms with E-state index in [9.17, 15) is 8.78 Å². The molecule has 0 saturated heterocycles. The Bertz CT molecular complexity index is 560. The molecule has 0 unspecified atom stereocenters. The Hall–Kier alpha value is -1.81. The second-order valence-corrected chi connectivity index (χ2v) is 4.07. The van der Waals surface area contributed by atoms with Gasteiger partial charge >= 0.3 is 0 Å². The summed E-state index contributed by atoms with van der Waals surface area (Å²) in [7, 11) is 0. The molecule has 0 bridgehead atoms. The van der Waals surface area contributed by atoms with Gasteiger partial charge in [0.1, 0.15) is 11.5 Å². The van der Waals surface area contributed by atoms with Crippen molar-refractivity contribution in [1.82, 2.24) is 0 Å². The summed E-state index contributed by atoms with van der Waals surface area (Å²) in [4.78, 5) is 0. The summed E-state index contributed by atoms with van der Waals surface area (Å²) < 4.78 is 30.5. The van der Waals surface area contributed by atoms with Crippen LogP contribution in [0.4, 0.5) is 14.5 Å². The molecule has 0 aliphatic heterocycles. The van der Waals surface area contributed by atoms with Gasteiger partial charge in [-0.25, -0.2) is 8.78 Å². The first kappa shape index (κ1) is 12.6. The Morgan fingerprint density at radius 3 is 2.56 bits per heavy atom. The first-order valence-corrected chi connectivity index (χ1v) is 5.55. The normalized spacial score (nSPS) is 10.7. The fourth-order valence-electron chi connectivity index (χ4n) is 1.44. The van der Waals surface area contributed by atoms with E-state index in [0.717, 1.165) is 0 Å². The average Bonchev–Trinajstić information content (AvgIpc) is 2.33. The minimum absolute atomic E-state index is 0.0981. The van der Waals surface area contributed by atoms with Gasteiger partial charge in [-0.1, -0.05) is 23.7 Å². The molecular weight excluding hydrogens is 260 g/mol. The second-order valence-electron chi connectivity index (χ2n) is 3.67. The second kappa shape index (κ2) is 5.23. The number of hydrogen-bond donors (Lipinski definition) is 1. The number of anilines is 1. The van der Waals surface area contributed by atoms with Crippen LogP contribution in [0.5, 0.6) is 11.5 Å². The van der Waals surface area contributed by atoms with Gasteiger partial charge in [0.05, 0.1) is 5.02 Å². The highest BCUT2D eigenvalue weighted by molar-refractivity contribution is 6.32. The number of nitrogens with two attached hydrogens (primary N) is 1. The summed E-state index contributed by atoms with van der Waals surface area (Å²) in [5, 5.41) is 0.331. The molecular formula is C13H10ClF2NO. The fourth-order valence-corrected chi connectivity index (χ4v) is 1.67. The average molecular weight is 270 g/mol. The van der Waals surface area contributed by atoms with Crippen molar-refractivity contribution in [2.45, 2.75) is 6.43 Å². The van der Waals surface area contributed by atoms with E-state index in [2.05, 4.69) is 0 Å². The number of ether oxygens (including phenoxy) is 1. The van der Waals surface area contributed by atoms with Gasteiger partial charge in [0.25, 0.3) is 6.43 Å². The van der Waals surface area contributed by atoms with Crippen LogP contribution in [-0.2, 0) is 0 Å². The predicted octanol–water partition coefficient (Wildman–Crippen LogP) is 4.65. The molecule has 2 aromatic rings. The lowest BCUT2D eigenvalue weighted by molar-refractivity contribution is 0.151. The van der Waals surface area contributed by atoms with Crippen molar-refractivity contribution in [3.8, 4) is 11.5 Å². The molecule has 18 heavy (non-hydrogen) atoms. The zero-order valence-electron chi connectivity index (χ0n) is 9.24. The summed E-state index contributed by atoms with van der Waals surface area (Å²) in [5.74, 6) is 0.678. The van der Waals surface area contributed by atoms with Crippen LogP contribution < -0.4 is 10.5 Å². The molecule has 0 amide bonds. The van der Waals surface area contributed by atoms with Crippen molar-refractivity contribution in [1.29, 1.82) is 0 Å². The quantitative estimate of drug-likeness (QED) is 0.823. The topological polar surface area (TPSA) is 35.2 Å². The van der Waals surface area contributed by atoms with Crippen LogP contribution in [0, 0.1) is 0 Å². The number of nitrogen functional groups attached to an aromatic ring is 1. The molecule has 2 aromatic carbocycles. The van der Waals surface area contributed by atoms with Crippen molar-refractivity contribution in [3.05, 3.63) is 53.1 Å². The van der Waals surface area contributed by atoms with E-state index in [-0.39, 0.29) is 5.56 Å². The van der Waals surface area contributed by atoms with Gasteiger partial charge in [-0.3, -0.25) is 0 Å². The van der Waals surface area contributed by atoms with Crippen LogP contribution in [0.2, 0.25) is 5.02 Å². The monoisotopic (exact) mass is 269 g/mol. The Labute approximate surface area is 108 Å². The molecule has 0 aromatic heterocycles. The maximum atomic E-state index is 12.5. The van der Waals surface area contributed by atoms with Crippen molar-refractivity contribution in [2.75, 3.05) is 5.73 Å². The van der Waals surface area contributed by atoms with Crippen LogP contribution in [-0.4, -0.2) is 0 Å². The summed E-state index contributed by atoms with van der Waals surface area (Å²) in [6, 6.07) is 10.4. The minimum atomic E-state index is -2.53. The lowest BCUT2D eigenvalue weighted by Gasteiger charge is -2.09. The van der Waals surface area contributed by atoms with E-state index in [1.807, 2.05) is 0 Å². The first-order chi connectivity index (χ1) is 8.56. The highest BCUT2D eigenvalue weighted by Crippen LogP contribution is 2.32. The molecule has 2 nitrogen and oxygen atoms in total. The first-order valence-electron chi connectivity index (χ1n) is 5.17. The smallest absolute Gasteiger partial charge is 0.263 e. The Morgan fingerprint density at radius 2 is 1.89 bits per heavy atom. The minimum Gasteiger partial charge on any atom is -0.456 e. The maximum absolute atomic E-state index is 12.5. The molecule has 2 rings (SSSR count). The zero-order valence-corrected chi connectivity index (χ0v) is 9.99. The molecule has 0 spiro atoms. The molecule has 0 saturated carbocycles. The Kier molecular flexibility index (Phi) is 3.67. The van der Waals surface area contributed by atoms with Crippen molar-refractivity contribution in [3.63, 3.8) is 0 Å². The van der Waals surface area contributed by atoms with Crippen LogP contribution >= 0.6 is 11.6 Å². The molecule has 94 valence electrons. The summed E-state index contributed by atoms with van der Waals surface area (Å²) in [6.07, 6.45) is -2.53. The van der Waals surface area contributed by atoms with Crippen molar-refractivity contribution < 1.29 is 13.5 Å². The Balaban J connectivity index is 2.25.